The molecule has 0 aromatic heterocycles. The van der Waals surface area contributed by atoms with E-state index < -0.39 is 9.84 Å². The third-order valence-corrected chi connectivity index (χ3v) is 3.24. The van der Waals surface area contributed by atoms with Crippen LogP contribution in [0.5, 0.6) is 0 Å². The highest BCUT2D eigenvalue weighted by Crippen LogP contribution is 1.96. The van der Waals surface area contributed by atoms with Gasteiger partial charge in [-0.15, -0.1) is 0 Å². The first-order valence-electron chi connectivity index (χ1n) is 5.67. The lowest BCUT2D eigenvalue weighted by atomic mass is 10.2. The SMILES string of the molecule is CN=C(NCCS(C)(=O)=O)NCc1ccccc1. The van der Waals surface area contributed by atoms with Crippen LogP contribution in [-0.4, -0.2) is 40.0 Å². The molecule has 0 amide bonds. The normalized spacial score (nSPS) is 12.2. The lowest BCUT2D eigenvalue weighted by Gasteiger charge is -2.11. The van der Waals surface area contributed by atoms with E-state index in [1.54, 1.807) is 7.05 Å². The smallest absolute Gasteiger partial charge is 0.191 e. The van der Waals surface area contributed by atoms with Gasteiger partial charge in [0.2, 0.25) is 0 Å². The van der Waals surface area contributed by atoms with Gasteiger partial charge in [-0.3, -0.25) is 4.99 Å². The Morgan fingerprint density at radius 3 is 2.44 bits per heavy atom. The standard InChI is InChI=1S/C12H19N3O2S/c1-13-12(14-8-9-18(2,16)17)15-10-11-6-4-3-5-7-11/h3-7H,8-10H2,1-2H3,(H2,13,14,15). The van der Waals surface area contributed by atoms with Crippen LogP contribution in [0.2, 0.25) is 0 Å². The van der Waals surface area contributed by atoms with Gasteiger partial charge in [-0.2, -0.15) is 0 Å². The van der Waals surface area contributed by atoms with E-state index in [4.69, 9.17) is 0 Å². The molecule has 0 aliphatic heterocycles. The van der Waals surface area contributed by atoms with E-state index in [0.717, 1.165) is 5.56 Å². The molecule has 0 aliphatic carbocycles. The van der Waals surface area contributed by atoms with Gasteiger partial charge >= 0.3 is 0 Å². The molecule has 1 aromatic rings. The van der Waals surface area contributed by atoms with Gasteiger partial charge in [-0.05, 0) is 5.56 Å². The van der Waals surface area contributed by atoms with Gasteiger partial charge < -0.3 is 10.6 Å². The average Bonchev–Trinajstić information content (AvgIpc) is 2.33. The summed E-state index contributed by atoms with van der Waals surface area (Å²) in [5, 5.41) is 6.07. The number of nitrogens with one attached hydrogen (secondary N) is 2. The third-order valence-electron chi connectivity index (χ3n) is 2.29. The molecule has 0 atom stereocenters. The molecule has 2 N–H and O–H groups in total. The van der Waals surface area contributed by atoms with Crippen LogP contribution >= 0.6 is 0 Å². The summed E-state index contributed by atoms with van der Waals surface area (Å²) in [7, 11) is -1.29. The molecule has 0 spiro atoms. The van der Waals surface area contributed by atoms with Crippen LogP contribution in [0.3, 0.4) is 0 Å². The second-order valence-corrected chi connectivity index (χ2v) is 6.23. The van der Waals surface area contributed by atoms with Crippen molar-refractivity contribution >= 4 is 15.8 Å². The minimum Gasteiger partial charge on any atom is -0.355 e. The van der Waals surface area contributed by atoms with Crippen molar-refractivity contribution in [1.82, 2.24) is 10.6 Å². The third kappa shape index (κ3) is 6.24. The summed E-state index contributed by atoms with van der Waals surface area (Å²) >= 11 is 0. The highest BCUT2D eigenvalue weighted by Gasteiger charge is 2.02. The fraction of sp³-hybridized carbons (Fsp3) is 0.417. The van der Waals surface area contributed by atoms with Crippen molar-refractivity contribution in [3.63, 3.8) is 0 Å². The van der Waals surface area contributed by atoms with Crippen molar-refractivity contribution in [2.24, 2.45) is 4.99 Å². The maximum absolute atomic E-state index is 11.0. The first-order chi connectivity index (χ1) is 8.51. The van der Waals surface area contributed by atoms with E-state index in [-0.39, 0.29) is 5.75 Å². The van der Waals surface area contributed by atoms with Crippen molar-refractivity contribution < 1.29 is 8.42 Å². The van der Waals surface area contributed by atoms with E-state index in [2.05, 4.69) is 15.6 Å². The predicted molar refractivity (Wildman–Crippen MR) is 74.4 cm³/mol. The number of hydrogen-bond acceptors (Lipinski definition) is 3. The molecule has 18 heavy (non-hydrogen) atoms. The molecule has 0 saturated carbocycles. The minimum absolute atomic E-state index is 0.0963. The highest BCUT2D eigenvalue weighted by atomic mass is 32.2. The van der Waals surface area contributed by atoms with Crippen LogP contribution in [0.25, 0.3) is 0 Å². The molecule has 0 unspecified atom stereocenters. The molecule has 6 heteroatoms. The van der Waals surface area contributed by atoms with E-state index in [1.165, 1.54) is 6.26 Å². The zero-order chi connectivity index (χ0) is 13.4. The summed E-state index contributed by atoms with van der Waals surface area (Å²) in [6, 6.07) is 9.92. The van der Waals surface area contributed by atoms with Gasteiger partial charge in [-0.25, -0.2) is 8.42 Å². The molecule has 100 valence electrons. The molecule has 1 rings (SSSR count). The summed E-state index contributed by atoms with van der Waals surface area (Å²) in [5.41, 5.74) is 1.14. The Morgan fingerprint density at radius 1 is 1.22 bits per heavy atom. The van der Waals surface area contributed by atoms with Gasteiger partial charge in [0.1, 0.15) is 9.84 Å². The second kappa shape index (κ2) is 7.00. The Kier molecular flexibility index (Phi) is 5.64. The summed E-state index contributed by atoms with van der Waals surface area (Å²) in [6.45, 7) is 1.01. The minimum atomic E-state index is -2.94. The monoisotopic (exact) mass is 269 g/mol. The molecule has 5 nitrogen and oxygen atoms in total. The van der Waals surface area contributed by atoms with Crippen LogP contribution in [-0.2, 0) is 16.4 Å². The molecule has 0 saturated heterocycles. The van der Waals surface area contributed by atoms with Crippen LogP contribution in [0.1, 0.15) is 5.56 Å². The second-order valence-electron chi connectivity index (χ2n) is 3.97. The number of hydrogen-bond donors (Lipinski definition) is 2. The number of sulfone groups is 1. The number of aliphatic imine (C=N–C) groups is 1. The van der Waals surface area contributed by atoms with Crippen molar-refractivity contribution in [2.45, 2.75) is 6.54 Å². The Morgan fingerprint density at radius 2 is 1.89 bits per heavy atom. The Labute approximate surface area is 108 Å². The topological polar surface area (TPSA) is 70.6 Å². The zero-order valence-corrected chi connectivity index (χ0v) is 11.5. The maximum atomic E-state index is 11.0. The van der Waals surface area contributed by atoms with Crippen LogP contribution in [0.15, 0.2) is 35.3 Å². The van der Waals surface area contributed by atoms with E-state index in [0.29, 0.717) is 19.0 Å². The summed E-state index contributed by atoms with van der Waals surface area (Å²) in [6.07, 6.45) is 1.22. The zero-order valence-electron chi connectivity index (χ0n) is 10.7. The number of nitrogens with zero attached hydrogens (tertiary/aromatic N) is 1. The summed E-state index contributed by atoms with van der Waals surface area (Å²) in [5.74, 6) is 0.696. The van der Waals surface area contributed by atoms with Crippen molar-refractivity contribution in [1.29, 1.82) is 0 Å². The molecule has 0 aliphatic rings. The lowest BCUT2D eigenvalue weighted by Crippen LogP contribution is -2.39. The van der Waals surface area contributed by atoms with E-state index in [1.807, 2.05) is 30.3 Å². The number of guanidine groups is 1. The largest absolute Gasteiger partial charge is 0.355 e. The molecule has 0 radical (unpaired) electrons. The molecule has 0 heterocycles. The predicted octanol–water partition coefficient (Wildman–Crippen LogP) is 0.396. The van der Waals surface area contributed by atoms with Crippen molar-refractivity contribution in [3.05, 3.63) is 35.9 Å². The van der Waals surface area contributed by atoms with Gasteiger partial charge in [0.15, 0.2) is 5.96 Å². The van der Waals surface area contributed by atoms with E-state index in [9.17, 15) is 8.42 Å². The first-order valence-corrected chi connectivity index (χ1v) is 7.73. The fourth-order valence-corrected chi connectivity index (χ4v) is 1.83. The highest BCUT2D eigenvalue weighted by molar-refractivity contribution is 7.90. The fourth-order valence-electron chi connectivity index (χ4n) is 1.36. The number of benzene rings is 1. The van der Waals surface area contributed by atoms with Crippen molar-refractivity contribution in [3.8, 4) is 0 Å². The molecular formula is C12H19N3O2S. The quantitative estimate of drug-likeness (QED) is 0.599. The van der Waals surface area contributed by atoms with Crippen LogP contribution in [0, 0.1) is 0 Å². The van der Waals surface area contributed by atoms with Gasteiger partial charge in [0.25, 0.3) is 0 Å². The van der Waals surface area contributed by atoms with E-state index >= 15 is 0 Å². The Bertz CT molecular complexity index is 483. The summed E-state index contributed by atoms with van der Waals surface area (Å²) < 4.78 is 22.0. The van der Waals surface area contributed by atoms with Crippen LogP contribution in [0.4, 0.5) is 0 Å². The molecular weight excluding hydrogens is 250 g/mol. The lowest BCUT2D eigenvalue weighted by molar-refractivity contribution is 0.600. The summed E-state index contributed by atoms with van der Waals surface area (Å²) in [4.78, 5) is 4.02. The maximum Gasteiger partial charge on any atom is 0.191 e. The van der Waals surface area contributed by atoms with Crippen molar-refractivity contribution in [2.75, 3.05) is 25.6 Å². The first kappa shape index (κ1) is 14.5. The Balaban J connectivity index is 2.35. The van der Waals surface area contributed by atoms with Gasteiger partial charge in [-0.1, -0.05) is 30.3 Å². The van der Waals surface area contributed by atoms with Gasteiger partial charge in [0.05, 0.1) is 5.75 Å². The molecule has 1 aromatic carbocycles. The molecule has 0 bridgehead atoms. The van der Waals surface area contributed by atoms with Gasteiger partial charge in [0, 0.05) is 26.4 Å². The number of rotatable bonds is 5. The average molecular weight is 269 g/mol. The Hall–Kier alpha value is -1.56. The molecule has 0 fully saturated rings. The van der Waals surface area contributed by atoms with Crippen LogP contribution < -0.4 is 10.6 Å².